The smallest absolute Gasteiger partial charge is 0.0599 e. The largest absolute Gasteiger partial charge is 0.324 e. The van der Waals surface area contributed by atoms with Crippen molar-refractivity contribution >= 4 is 0 Å². The summed E-state index contributed by atoms with van der Waals surface area (Å²) in [5.74, 6) is 0. The van der Waals surface area contributed by atoms with Gasteiger partial charge in [0.2, 0.25) is 0 Å². The van der Waals surface area contributed by atoms with Gasteiger partial charge in [-0.3, -0.25) is 9.97 Å². The van der Waals surface area contributed by atoms with Gasteiger partial charge in [0.05, 0.1) is 5.69 Å². The Morgan fingerprint density at radius 3 is 2.67 bits per heavy atom. The van der Waals surface area contributed by atoms with Gasteiger partial charge >= 0.3 is 0 Å². The molecule has 0 unspecified atom stereocenters. The molecule has 1 rings (SSSR count). The van der Waals surface area contributed by atoms with Gasteiger partial charge in [-0.05, 0) is 20.9 Å². The van der Waals surface area contributed by atoms with Crippen molar-refractivity contribution in [3.8, 4) is 0 Å². The SMILES string of the molecule is CN(CCc1cnccn1)CC(C)(C)N. The zero-order valence-corrected chi connectivity index (χ0v) is 9.77. The summed E-state index contributed by atoms with van der Waals surface area (Å²) in [5.41, 5.74) is 6.82. The second-order valence-electron chi connectivity index (χ2n) is 4.67. The van der Waals surface area contributed by atoms with Crippen molar-refractivity contribution in [2.45, 2.75) is 25.8 Å². The van der Waals surface area contributed by atoms with E-state index in [1.54, 1.807) is 18.6 Å². The molecule has 0 bridgehead atoms. The van der Waals surface area contributed by atoms with Crippen molar-refractivity contribution in [2.24, 2.45) is 5.73 Å². The highest BCUT2D eigenvalue weighted by Gasteiger charge is 2.13. The maximum absolute atomic E-state index is 5.94. The van der Waals surface area contributed by atoms with Crippen LogP contribution in [0.5, 0.6) is 0 Å². The second-order valence-corrected chi connectivity index (χ2v) is 4.67. The molecule has 0 aliphatic rings. The molecule has 0 aromatic carbocycles. The quantitative estimate of drug-likeness (QED) is 0.773. The highest BCUT2D eigenvalue weighted by atomic mass is 15.1. The molecule has 1 aromatic rings. The molecule has 15 heavy (non-hydrogen) atoms. The highest BCUT2D eigenvalue weighted by Crippen LogP contribution is 2.01. The van der Waals surface area contributed by atoms with E-state index in [4.69, 9.17) is 5.73 Å². The lowest BCUT2D eigenvalue weighted by atomic mass is 10.1. The van der Waals surface area contributed by atoms with E-state index in [0.29, 0.717) is 0 Å². The summed E-state index contributed by atoms with van der Waals surface area (Å²) >= 11 is 0. The van der Waals surface area contributed by atoms with E-state index < -0.39 is 0 Å². The summed E-state index contributed by atoms with van der Waals surface area (Å²) in [5, 5.41) is 0. The third-order valence-electron chi connectivity index (χ3n) is 2.04. The Labute approximate surface area is 91.5 Å². The fraction of sp³-hybridized carbons (Fsp3) is 0.636. The van der Waals surface area contributed by atoms with E-state index in [2.05, 4.69) is 21.9 Å². The minimum atomic E-state index is -0.142. The lowest BCUT2D eigenvalue weighted by molar-refractivity contribution is 0.272. The molecular formula is C11H20N4. The monoisotopic (exact) mass is 208 g/mol. The first-order valence-electron chi connectivity index (χ1n) is 5.20. The summed E-state index contributed by atoms with van der Waals surface area (Å²) in [4.78, 5) is 10.5. The molecule has 0 spiro atoms. The fourth-order valence-corrected chi connectivity index (χ4v) is 1.54. The van der Waals surface area contributed by atoms with Crippen LogP contribution in [0.2, 0.25) is 0 Å². The number of aromatic nitrogens is 2. The number of likely N-dealkylation sites (N-methyl/N-ethyl adjacent to an activating group) is 1. The number of nitrogens with zero attached hydrogens (tertiary/aromatic N) is 3. The van der Waals surface area contributed by atoms with Gasteiger partial charge in [0, 0.05) is 43.6 Å². The molecule has 0 radical (unpaired) electrons. The van der Waals surface area contributed by atoms with Gasteiger partial charge < -0.3 is 10.6 Å². The zero-order valence-electron chi connectivity index (χ0n) is 9.77. The predicted octanol–water partition coefficient (Wildman–Crippen LogP) is 0.688. The number of hydrogen-bond acceptors (Lipinski definition) is 4. The average molecular weight is 208 g/mol. The van der Waals surface area contributed by atoms with Gasteiger partial charge in [-0.15, -0.1) is 0 Å². The molecule has 4 heteroatoms. The van der Waals surface area contributed by atoms with Crippen molar-refractivity contribution in [3.63, 3.8) is 0 Å². The van der Waals surface area contributed by atoms with E-state index in [-0.39, 0.29) is 5.54 Å². The van der Waals surface area contributed by atoms with Crippen LogP contribution >= 0.6 is 0 Å². The summed E-state index contributed by atoms with van der Waals surface area (Å²) in [6, 6.07) is 0. The van der Waals surface area contributed by atoms with E-state index in [9.17, 15) is 0 Å². The van der Waals surface area contributed by atoms with Crippen LogP contribution in [0, 0.1) is 0 Å². The molecule has 0 saturated heterocycles. The van der Waals surface area contributed by atoms with Gasteiger partial charge in [0.15, 0.2) is 0 Å². The lowest BCUT2D eigenvalue weighted by Crippen LogP contribution is -2.44. The fourth-order valence-electron chi connectivity index (χ4n) is 1.54. The van der Waals surface area contributed by atoms with E-state index in [0.717, 1.165) is 25.2 Å². The number of rotatable bonds is 5. The Hall–Kier alpha value is -1.00. The van der Waals surface area contributed by atoms with Crippen LogP contribution < -0.4 is 5.73 Å². The van der Waals surface area contributed by atoms with Gasteiger partial charge in [-0.1, -0.05) is 0 Å². The lowest BCUT2D eigenvalue weighted by Gasteiger charge is -2.26. The molecule has 0 fully saturated rings. The molecule has 1 heterocycles. The summed E-state index contributed by atoms with van der Waals surface area (Å²) < 4.78 is 0. The first-order valence-corrected chi connectivity index (χ1v) is 5.20. The second kappa shape index (κ2) is 5.19. The van der Waals surface area contributed by atoms with Crippen molar-refractivity contribution in [3.05, 3.63) is 24.3 Å². The first-order chi connectivity index (χ1) is 6.97. The van der Waals surface area contributed by atoms with Crippen LogP contribution in [-0.4, -0.2) is 40.5 Å². The molecule has 0 atom stereocenters. The van der Waals surface area contributed by atoms with Gasteiger partial charge in [0.25, 0.3) is 0 Å². The number of hydrogen-bond donors (Lipinski definition) is 1. The topological polar surface area (TPSA) is 55.0 Å². The van der Waals surface area contributed by atoms with Crippen LogP contribution in [0.15, 0.2) is 18.6 Å². The van der Waals surface area contributed by atoms with Crippen LogP contribution in [0.25, 0.3) is 0 Å². The van der Waals surface area contributed by atoms with Crippen LogP contribution in [0.1, 0.15) is 19.5 Å². The molecule has 0 aliphatic carbocycles. The van der Waals surface area contributed by atoms with Crippen molar-refractivity contribution in [1.82, 2.24) is 14.9 Å². The molecular weight excluding hydrogens is 188 g/mol. The molecule has 1 aromatic heterocycles. The minimum absolute atomic E-state index is 0.142. The van der Waals surface area contributed by atoms with Crippen molar-refractivity contribution in [2.75, 3.05) is 20.1 Å². The van der Waals surface area contributed by atoms with Gasteiger partial charge in [-0.2, -0.15) is 0 Å². The Balaban J connectivity index is 2.32. The van der Waals surface area contributed by atoms with E-state index in [1.807, 2.05) is 13.8 Å². The first kappa shape index (κ1) is 12.1. The zero-order chi connectivity index (χ0) is 11.3. The Bertz CT molecular complexity index is 278. The summed E-state index contributed by atoms with van der Waals surface area (Å²) in [6.45, 7) is 5.91. The van der Waals surface area contributed by atoms with E-state index in [1.165, 1.54) is 0 Å². The predicted molar refractivity (Wildman–Crippen MR) is 61.5 cm³/mol. The van der Waals surface area contributed by atoms with Crippen LogP contribution in [0.4, 0.5) is 0 Å². The van der Waals surface area contributed by atoms with Gasteiger partial charge in [-0.25, -0.2) is 0 Å². The maximum Gasteiger partial charge on any atom is 0.0599 e. The third kappa shape index (κ3) is 5.44. The average Bonchev–Trinajstić information content (AvgIpc) is 2.14. The molecule has 0 aliphatic heterocycles. The van der Waals surface area contributed by atoms with Crippen molar-refractivity contribution < 1.29 is 0 Å². The Kier molecular flexibility index (Phi) is 4.17. The molecule has 2 N–H and O–H groups in total. The highest BCUT2D eigenvalue weighted by molar-refractivity contribution is 4.95. The maximum atomic E-state index is 5.94. The molecule has 4 nitrogen and oxygen atoms in total. The van der Waals surface area contributed by atoms with Crippen molar-refractivity contribution in [1.29, 1.82) is 0 Å². The Morgan fingerprint density at radius 1 is 1.40 bits per heavy atom. The number of nitrogens with two attached hydrogens (primary N) is 1. The van der Waals surface area contributed by atoms with Crippen LogP contribution in [0.3, 0.4) is 0 Å². The molecule has 0 saturated carbocycles. The molecule has 84 valence electrons. The normalized spacial score (nSPS) is 12.1. The van der Waals surface area contributed by atoms with E-state index >= 15 is 0 Å². The summed E-state index contributed by atoms with van der Waals surface area (Å²) in [6.07, 6.45) is 6.14. The third-order valence-corrected chi connectivity index (χ3v) is 2.04. The Morgan fingerprint density at radius 2 is 2.13 bits per heavy atom. The minimum Gasteiger partial charge on any atom is -0.324 e. The van der Waals surface area contributed by atoms with Gasteiger partial charge in [0.1, 0.15) is 0 Å². The molecule has 0 amide bonds. The summed E-state index contributed by atoms with van der Waals surface area (Å²) in [7, 11) is 2.07. The van der Waals surface area contributed by atoms with Crippen LogP contribution in [-0.2, 0) is 6.42 Å². The standard InChI is InChI=1S/C11H20N4/c1-11(2,12)9-15(3)7-4-10-8-13-5-6-14-10/h5-6,8H,4,7,9,12H2,1-3H3.